The molecular formula is C48H29NOS. The Kier molecular flexibility index (Phi) is 6.16. The van der Waals surface area contributed by atoms with E-state index >= 15 is 0 Å². The van der Waals surface area contributed by atoms with Crippen molar-refractivity contribution in [3.8, 4) is 11.1 Å². The first-order chi connectivity index (χ1) is 25.3. The predicted molar refractivity (Wildman–Crippen MR) is 219 cm³/mol. The van der Waals surface area contributed by atoms with Crippen LogP contribution in [0.5, 0.6) is 0 Å². The van der Waals surface area contributed by atoms with Gasteiger partial charge >= 0.3 is 0 Å². The Bertz CT molecular complexity index is 3040. The van der Waals surface area contributed by atoms with Gasteiger partial charge in [0.1, 0.15) is 11.2 Å². The average molecular weight is 668 g/mol. The van der Waals surface area contributed by atoms with Crippen LogP contribution in [0.2, 0.25) is 0 Å². The van der Waals surface area contributed by atoms with Gasteiger partial charge in [0, 0.05) is 54.1 Å². The molecule has 0 aliphatic heterocycles. The van der Waals surface area contributed by atoms with Gasteiger partial charge in [-0.25, -0.2) is 0 Å². The summed E-state index contributed by atoms with van der Waals surface area (Å²) in [5.74, 6) is 0. The van der Waals surface area contributed by atoms with Gasteiger partial charge in [-0.15, -0.1) is 11.3 Å². The van der Waals surface area contributed by atoms with Gasteiger partial charge in [-0.05, 0) is 92.0 Å². The van der Waals surface area contributed by atoms with Crippen LogP contribution in [0.1, 0.15) is 0 Å². The molecule has 2 nitrogen and oxygen atoms in total. The lowest BCUT2D eigenvalue weighted by molar-refractivity contribution is 0.669. The molecule has 0 saturated heterocycles. The molecule has 2 heterocycles. The molecule has 0 N–H and O–H groups in total. The largest absolute Gasteiger partial charge is 0.456 e. The molecule has 0 fully saturated rings. The second kappa shape index (κ2) is 11.0. The highest BCUT2D eigenvalue weighted by molar-refractivity contribution is 7.25. The Morgan fingerprint density at radius 2 is 0.941 bits per heavy atom. The molecule has 11 aromatic rings. The number of benzene rings is 9. The Balaban J connectivity index is 1.06. The fourth-order valence-corrected chi connectivity index (χ4v) is 9.19. The number of anilines is 3. The highest BCUT2D eigenvalue weighted by Gasteiger charge is 2.18. The van der Waals surface area contributed by atoms with Gasteiger partial charge in [-0.1, -0.05) is 121 Å². The van der Waals surface area contributed by atoms with Crippen LogP contribution in [-0.4, -0.2) is 0 Å². The molecule has 11 rings (SSSR count). The highest BCUT2D eigenvalue weighted by atomic mass is 32.1. The Hall–Kier alpha value is -6.42. The molecule has 51 heavy (non-hydrogen) atoms. The SMILES string of the molecule is c1ccc2c(c1)ccc1c3cccc(-c4ccc(N(c5ccc6c(c5)oc5ccccc56)c5ccc6c(c5)sc5ccccc56)cc4)c3ccc21. The molecule has 0 aliphatic rings. The summed E-state index contributed by atoms with van der Waals surface area (Å²) in [5.41, 5.74) is 7.47. The van der Waals surface area contributed by atoms with E-state index in [2.05, 4.69) is 169 Å². The van der Waals surface area contributed by atoms with Crippen molar-refractivity contribution in [2.75, 3.05) is 4.90 Å². The van der Waals surface area contributed by atoms with Gasteiger partial charge in [-0.3, -0.25) is 0 Å². The quantitative estimate of drug-likeness (QED) is 0.174. The van der Waals surface area contributed by atoms with E-state index in [4.69, 9.17) is 4.42 Å². The monoisotopic (exact) mass is 667 g/mol. The third-order valence-electron chi connectivity index (χ3n) is 10.5. The summed E-state index contributed by atoms with van der Waals surface area (Å²) < 4.78 is 8.95. The topological polar surface area (TPSA) is 16.4 Å². The first-order valence-corrected chi connectivity index (χ1v) is 18.1. The number of rotatable bonds is 4. The van der Waals surface area contributed by atoms with Gasteiger partial charge in [0.15, 0.2) is 0 Å². The number of para-hydroxylation sites is 1. The van der Waals surface area contributed by atoms with E-state index in [1.165, 1.54) is 63.6 Å². The van der Waals surface area contributed by atoms with E-state index in [0.29, 0.717) is 0 Å². The first kappa shape index (κ1) is 28.4. The van der Waals surface area contributed by atoms with Gasteiger partial charge < -0.3 is 9.32 Å². The number of hydrogen-bond acceptors (Lipinski definition) is 3. The van der Waals surface area contributed by atoms with Gasteiger partial charge in [0.05, 0.1) is 0 Å². The molecule has 0 amide bonds. The molecule has 238 valence electrons. The Morgan fingerprint density at radius 3 is 1.84 bits per heavy atom. The number of hydrogen-bond donors (Lipinski definition) is 0. The maximum Gasteiger partial charge on any atom is 0.137 e. The van der Waals surface area contributed by atoms with Crippen molar-refractivity contribution in [2.45, 2.75) is 0 Å². The van der Waals surface area contributed by atoms with E-state index in [1.54, 1.807) is 0 Å². The van der Waals surface area contributed by atoms with Crippen molar-refractivity contribution in [3.63, 3.8) is 0 Å². The zero-order valence-corrected chi connectivity index (χ0v) is 28.3. The maximum atomic E-state index is 6.37. The second-order valence-electron chi connectivity index (χ2n) is 13.3. The number of thiophene rings is 1. The first-order valence-electron chi connectivity index (χ1n) is 17.3. The highest BCUT2D eigenvalue weighted by Crippen LogP contribution is 2.43. The van der Waals surface area contributed by atoms with Gasteiger partial charge in [0.2, 0.25) is 0 Å². The van der Waals surface area contributed by atoms with Gasteiger partial charge in [0.25, 0.3) is 0 Å². The van der Waals surface area contributed by atoms with E-state index in [0.717, 1.165) is 39.0 Å². The lowest BCUT2D eigenvalue weighted by Crippen LogP contribution is -2.09. The number of nitrogens with zero attached hydrogens (tertiary/aromatic N) is 1. The van der Waals surface area contributed by atoms with Crippen molar-refractivity contribution < 1.29 is 4.42 Å². The fraction of sp³-hybridized carbons (Fsp3) is 0. The molecule has 9 aromatic carbocycles. The summed E-state index contributed by atoms with van der Waals surface area (Å²) in [6.07, 6.45) is 0. The Labute approximate surface area is 298 Å². The molecular weight excluding hydrogens is 639 g/mol. The lowest BCUT2D eigenvalue weighted by Gasteiger charge is -2.26. The molecule has 0 unspecified atom stereocenters. The van der Waals surface area contributed by atoms with Crippen molar-refractivity contribution in [2.24, 2.45) is 0 Å². The van der Waals surface area contributed by atoms with E-state index < -0.39 is 0 Å². The summed E-state index contributed by atoms with van der Waals surface area (Å²) in [7, 11) is 0. The van der Waals surface area contributed by atoms with Gasteiger partial charge in [-0.2, -0.15) is 0 Å². The molecule has 0 radical (unpaired) electrons. The van der Waals surface area contributed by atoms with Crippen LogP contribution in [0.3, 0.4) is 0 Å². The zero-order chi connectivity index (χ0) is 33.5. The van der Waals surface area contributed by atoms with E-state index in [9.17, 15) is 0 Å². The second-order valence-corrected chi connectivity index (χ2v) is 14.4. The summed E-state index contributed by atoms with van der Waals surface area (Å²) in [6.45, 7) is 0. The molecule has 0 spiro atoms. The van der Waals surface area contributed by atoms with E-state index in [1.807, 2.05) is 23.5 Å². The minimum atomic E-state index is 0.883. The lowest BCUT2D eigenvalue weighted by atomic mass is 9.92. The Morgan fingerprint density at radius 1 is 0.353 bits per heavy atom. The molecule has 0 aliphatic carbocycles. The summed E-state index contributed by atoms with van der Waals surface area (Å²) in [4.78, 5) is 2.35. The van der Waals surface area contributed by atoms with Crippen molar-refractivity contribution in [3.05, 3.63) is 176 Å². The van der Waals surface area contributed by atoms with Crippen LogP contribution in [0.4, 0.5) is 17.1 Å². The number of fused-ring (bicyclic) bond motifs is 11. The molecule has 3 heteroatoms. The molecule has 0 saturated carbocycles. The zero-order valence-electron chi connectivity index (χ0n) is 27.5. The normalized spacial score (nSPS) is 11.9. The van der Waals surface area contributed by atoms with E-state index in [-0.39, 0.29) is 0 Å². The smallest absolute Gasteiger partial charge is 0.137 e. The third-order valence-corrected chi connectivity index (χ3v) is 11.6. The summed E-state index contributed by atoms with van der Waals surface area (Å²) in [5, 5.41) is 12.5. The standard InChI is InChI=1S/C48H29NOS/c1-2-9-35-30(8-1)18-23-40-37-13-7-12-36(38(37)26-27-39(35)40)31-16-19-32(20-17-31)49(33-21-24-42-41-10-3-5-14-45(41)50-46(42)28-33)34-22-25-44-43-11-4-6-15-47(43)51-48(44)29-34/h1-29H. The maximum absolute atomic E-state index is 6.37. The molecule has 2 aromatic heterocycles. The minimum absolute atomic E-state index is 0.883. The van der Waals surface area contributed by atoms with Crippen LogP contribution in [0.15, 0.2) is 180 Å². The molecule has 0 atom stereocenters. The van der Waals surface area contributed by atoms with Crippen molar-refractivity contribution in [1.29, 1.82) is 0 Å². The van der Waals surface area contributed by atoms with Crippen molar-refractivity contribution in [1.82, 2.24) is 0 Å². The van der Waals surface area contributed by atoms with Crippen LogP contribution in [0.25, 0.3) is 85.6 Å². The third kappa shape index (κ3) is 4.42. The molecule has 0 bridgehead atoms. The summed E-state index contributed by atoms with van der Waals surface area (Å²) >= 11 is 1.85. The van der Waals surface area contributed by atoms with Crippen LogP contribution >= 0.6 is 11.3 Å². The van der Waals surface area contributed by atoms with Crippen LogP contribution in [-0.2, 0) is 0 Å². The van der Waals surface area contributed by atoms with Crippen LogP contribution in [0, 0.1) is 0 Å². The summed E-state index contributed by atoms with van der Waals surface area (Å²) in [6, 6.07) is 63.8. The van der Waals surface area contributed by atoms with Crippen molar-refractivity contribution >= 4 is 103 Å². The average Bonchev–Trinajstić information content (AvgIpc) is 3.75. The minimum Gasteiger partial charge on any atom is -0.456 e. The number of furan rings is 1. The predicted octanol–water partition coefficient (Wildman–Crippen LogP) is 14.6. The van der Waals surface area contributed by atoms with Crippen LogP contribution < -0.4 is 4.90 Å². The fourth-order valence-electron chi connectivity index (χ4n) is 8.05.